The molecule has 1 aromatic heterocycles. The van der Waals surface area contributed by atoms with Crippen LogP contribution in [0.25, 0.3) is 0 Å². The molecule has 3 aliphatic rings. The zero-order chi connectivity index (χ0) is 15.7. The molecule has 4 heterocycles. The van der Waals surface area contributed by atoms with Crippen molar-refractivity contribution in [2.75, 3.05) is 46.0 Å². The Hall–Kier alpha value is -0.950. The third kappa shape index (κ3) is 3.18. The number of ether oxygens (including phenoxy) is 2. The molecule has 0 aromatic carbocycles. The van der Waals surface area contributed by atoms with E-state index < -0.39 is 0 Å². The first-order valence-electron chi connectivity index (χ1n) is 8.53. The van der Waals surface area contributed by atoms with Crippen LogP contribution < -0.4 is 0 Å². The van der Waals surface area contributed by atoms with E-state index in [2.05, 4.69) is 4.90 Å². The lowest BCUT2D eigenvalue weighted by atomic mass is 9.88. The number of piperidine rings is 1. The number of rotatable bonds is 2. The van der Waals surface area contributed by atoms with Gasteiger partial charge < -0.3 is 14.4 Å². The van der Waals surface area contributed by atoms with E-state index in [0.29, 0.717) is 19.2 Å². The first kappa shape index (κ1) is 15.6. The summed E-state index contributed by atoms with van der Waals surface area (Å²) in [6.07, 6.45) is 3.17. The summed E-state index contributed by atoms with van der Waals surface area (Å²) in [5, 5.41) is 3.90. The Kier molecular flexibility index (Phi) is 4.41. The van der Waals surface area contributed by atoms with Crippen LogP contribution in [0.2, 0.25) is 0 Å². The highest BCUT2D eigenvalue weighted by atomic mass is 32.1. The lowest BCUT2D eigenvalue weighted by molar-refractivity contribution is -0.130. The van der Waals surface area contributed by atoms with Crippen molar-refractivity contribution in [2.24, 2.45) is 0 Å². The standard InChI is InChI=1S/C17H24N2O3S/c20-16(14-2-10-23-12-14)19-7-9-22-17(13-19)3-5-18(6-4-17)15-1-8-21-11-15/h2,10,12,15H,1,3-9,11,13H2. The zero-order valence-corrected chi connectivity index (χ0v) is 14.2. The van der Waals surface area contributed by atoms with Crippen LogP contribution in [0.4, 0.5) is 0 Å². The number of morpholine rings is 1. The average Bonchev–Trinajstić information content (AvgIpc) is 3.29. The molecule has 3 saturated heterocycles. The van der Waals surface area contributed by atoms with Gasteiger partial charge in [-0.25, -0.2) is 0 Å². The Bertz CT molecular complexity index is 534. The van der Waals surface area contributed by atoms with Gasteiger partial charge in [-0.05, 0) is 30.7 Å². The summed E-state index contributed by atoms with van der Waals surface area (Å²) in [6.45, 7) is 5.96. The molecule has 0 aliphatic carbocycles. The number of nitrogens with zero attached hydrogens (tertiary/aromatic N) is 2. The molecule has 1 amide bonds. The van der Waals surface area contributed by atoms with Crippen molar-refractivity contribution in [1.82, 2.24) is 9.80 Å². The fourth-order valence-electron chi connectivity index (χ4n) is 4.00. The second-order valence-electron chi connectivity index (χ2n) is 6.82. The molecule has 0 saturated carbocycles. The highest BCUT2D eigenvalue weighted by Gasteiger charge is 2.42. The van der Waals surface area contributed by atoms with Gasteiger partial charge >= 0.3 is 0 Å². The number of amides is 1. The second kappa shape index (κ2) is 6.51. The lowest BCUT2D eigenvalue weighted by Gasteiger charge is -2.48. The smallest absolute Gasteiger partial charge is 0.254 e. The maximum Gasteiger partial charge on any atom is 0.254 e. The molecule has 3 aliphatic heterocycles. The van der Waals surface area contributed by atoms with Gasteiger partial charge in [0.1, 0.15) is 0 Å². The number of thiophene rings is 1. The minimum absolute atomic E-state index is 0.139. The third-order valence-corrected chi connectivity index (χ3v) is 6.12. The van der Waals surface area contributed by atoms with E-state index >= 15 is 0 Å². The molecule has 1 unspecified atom stereocenters. The predicted octanol–water partition coefficient (Wildman–Crippen LogP) is 1.84. The number of carbonyl (C=O) groups excluding carboxylic acids is 1. The van der Waals surface area contributed by atoms with Gasteiger partial charge in [0.15, 0.2) is 0 Å². The molecular weight excluding hydrogens is 312 g/mol. The monoisotopic (exact) mass is 336 g/mol. The molecule has 126 valence electrons. The first-order valence-corrected chi connectivity index (χ1v) is 9.47. The van der Waals surface area contributed by atoms with Crippen molar-refractivity contribution in [3.63, 3.8) is 0 Å². The van der Waals surface area contributed by atoms with Gasteiger partial charge in [-0.15, -0.1) is 0 Å². The number of carbonyl (C=O) groups is 1. The summed E-state index contributed by atoms with van der Waals surface area (Å²) < 4.78 is 11.7. The van der Waals surface area contributed by atoms with Crippen molar-refractivity contribution in [1.29, 1.82) is 0 Å². The van der Waals surface area contributed by atoms with E-state index in [0.717, 1.165) is 57.7 Å². The Balaban J connectivity index is 1.38. The quantitative estimate of drug-likeness (QED) is 0.826. The Morgan fingerprint density at radius 3 is 2.83 bits per heavy atom. The maximum atomic E-state index is 12.6. The average molecular weight is 336 g/mol. The minimum Gasteiger partial charge on any atom is -0.380 e. The van der Waals surface area contributed by atoms with Crippen LogP contribution in [-0.2, 0) is 9.47 Å². The molecule has 1 spiro atoms. The van der Waals surface area contributed by atoms with Crippen LogP contribution in [0.5, 0.6) is 0 Å². The molecular formula is C17H24N2O3S. The van der Waals surface area contributed by atoms with Crippen molar-refractivity contribution >= 4 is 17.2 Å². The number of hydrogen-bond acceptors (Lipinski definition) is 5. The molecule has 1 atom stereocenters. The summed E-state index contributed by atoms with van der Waals surface area (Å²) in [5.74, 6) is 0.153. The molecule has 0 radical (unpaired) electrons. The van der Waals surface area contributed by atoms with Crippen molar-refractivity contribution in [2.45, 2.75) is 30.9 Å². The maximum absolute atomic E-state index is 12.6. The molecule has 5 nitrogen and oxygen atoms in total. The summed E-state index contributed by atoms with van der Waals surface area (Å²) in [4.78, 5) is 17.1. The molecule has 6 heteroatoms. The van der Waals surface area contributed by atoms with Crippen molar-refractivity contribution < 1.29 is 14.3 Å². The summed E-state index contributed by atoms with van der Waals surface area (Å²) in [5.41, 5.74) is 0.674. The summed E-state index contributed by atoms with van der Waals surface area (Å²) in [6, 6.07) is 2.50. The number of likely N-dealkylation sites (tertiary alicyclic amines) is 1. The van der Waals surface area contributed by atoms with Gasteiger partial charge in [-0.1, -0.05) is 0 Å². The van der Waals surface area contributed by atoms with Gasteiger partial charge in [0.25, 0.3) is 5.91 Å². The van der Waals surface area contributed by atoms with Gasteiger partial charge in [0.05, 0.1) is 30.9 Å². The molecule has 3 fully saturated rings. The Labute approximate surface area is 141 Å². The van der Waals surface area contributed by atoms with Crippen molar-refractivity contribution in [3.8, 4) is 0 Å². The first-order chi connectivity index (χ1) is 11.3. The van der Waals surface area contributed by atoms with Gasteiger partial charge in [-0.3, -0.25) is 9.69 Å². The minimum atomic E-state index is -0.139. The molecule has 4 rings (SSSR count). The highest BCUT2D eigenvalue weighted by Crippen LogP contribution is 2.32. The van der Waals surface area contributed by atoms with Crippen LogP contribution in [0.3, 0.4) is 0 Å². The van der Waals surface area contributed by atoms with Crippen LogP contribution in [-0.4, -0.2) is 73.3 Å². The third-order valence-electron chi connectivity index (χ3n) is 5.44. The molecule has 0 N–H and O–H groups in total. The SMILES string of the molecule is O=C(c1ccsc1)N1CCOC2(CCN(C3CCOC3)CC2)C1. The summed E-state index contributed by atoms with van der Waals surface area (Å²) >= 11 is 1.58. The summed E-state index contributed by atoms with van der Waals surface area (Å²) in [7, 11) is 0. The van der Waals surface area contributed by atoms with Crippen molar-refractivity contribution in [3.05, 3.63) is 22.4 Å². The largest absolute Gasteiger partial charge is 0.380 e. The van der Waals surface area contributed by atoms with E-state index in [1.807, 2.05) is 21.7 Å². The normalized spacial score (nSPS) is 28.3. The highest BCUT2D eigenvalue weighted by molar-refractivity contribution is 7.08. The van der Waals surface area contributed by atoms with E-state index in [9.17, 15) is 4.79 Å². The van der Waals surface area contributed by atoms with Gasteiger partial charge in [-0.2, -0.15) is 11.3 Å². The van der Waals surface area contributed by atoms with Crippen LogP contribution in [0.15, 0.2) is 16.8 Å². The van der Waals surface area contributed by atoms with E-state index in [1.54, 1.807) is 11.3 Å². The van der Waals surface area contributed by atoms with Crippen LogP contribution >= 0.6 is 11.3 Å². The molecule has 1 aromatic rings. The van der Waals surface area contributed by atoms with E-state index in [4.69, 9.17) is 9.47 Å². The Morgan fingerprint density at radius 2 is 2.13 bits per heavy atom. The topological polar surface area (TPSA) is 42.0 Å². The zero-order valence-electron chi connectivity index (χ0n) is 13.4. The second-order valence-corrected chi connectivity index (χ2v) is 7.60. The number of hydrogen-bond donors (Lipinski definition) is 0. The van der Waals surface area contributed by atoms with Crippen LogP contribution in [0.1, 0.15) is 29.6 Å². The van der Waals surface area contributed by atoms with Gasteiger partial charge in [0.2, 0.25) is 0 Å². The van der Waals surface area contributed by atoms with E-state index in [-0.39, 0.29) is 11.5 Å². The lowest BCUT2D eigenvalue weighted by Crippen LogP contribution is -2.59. The predicted molar refractivity (Wildman–Crippen MR) is 88.9 cm³/mol. The van der Waals surface area contributed by atoms with Gasteiger partial charge in [0, 0.05) is 37.7 Å². The van der Waals surface area contributed by atoms with E-state index in [1.165, 1.54) is 0 Å². The fraction of sp³-hybridized carbons (Fsp3) is 0.706. The fourth-order valence-corrected chi connectivity index (χ4v) is 4.63. The Morgan fingerprint density at radius 1 is 1.26 bits per heavy atom. The molecule has 23 heavy (non-hydrogen) atoms. The molecule has 0 bridgehead atoms. The van der Waals surface area contributed by atoms with Crippen LogP contribution in [0, 0.1) is 0 Å².